The molecule has 4 heteroatoms. The number of phenols is 1. The Morgan fingerprint density at radius 2 is 2.15 bits per heavy atom. The van der Waals surface area contributed by atoms with E-state index >= 15 is 0 Å². The van der Waals surface area contributed by atoms with Crippen LogP contribution in [-0.4, -0.2) is 16.2 Å². The molecular formula is C9H9BrO3. The van der Waals surface area contributed by atoms with Crippen molar-refractivity contribution in [1.29, 1.82) is 0 Å². The lowest BCUT2D eigenvalue weighted by Crippen LogP contribution is -2.07. The minimum Gasteiger partial charge on any atom is -0.508 e. The first-order valence-electron chi connectivity index (χ1n) is 3.73. The standard InChI is InChI=1S/C9H9BrO3/c1-5(9(12)13)7-4-6(11)2-3-8(7)10/h2-5,11H,1H3,(H,12,13). The second-order valence-electron chi connectivity index (χ2n) is 2.77. The number of carbonyl (C=O) groups is 1. The number of benzene rings is 1. The van der Waals surface area contributed by atoms with Gasteiger partial charge >= 0.3 is 5.97 Å². The summed E-state index contributed by atoms with van der Waals surface area (Å²) in [6.07, 6.45) is 0. The number of hydrogen-bond donors (Lipinski definition) is 2. The first-order chi connectivity index (χ1) is 6.02. The fourth-order valence-electron chi connectivity index (χ4n) is 0.996. The molecule has 1 aromatic rings. The molecule has 0 saturated carbocycles. The predicted molar refractivity (Wildman–Crippen MR) is 51.9 cm³/mol. The number of aliphatic carboxylic acids is 1. The smallest absolute Gasteiger partial charge is 0.310 e. The van der Waals surface area contributed by atoms with Gasteiger partial charge in [0.2, 0.25) is 0 Å². The van der Waals surface area contributed by atoms with Crippen LogP contribution in [0.5, 0.6) is 5.75 Å². The molecule has 0 fully saturated rings. The quantitative estimate of drug-likeness (QED) is 0.840. The van der Waals surface area contributed by atoms with Gasteiger partial charge < -0.3 is 10.2 Å². The highest BCUT2D eigenvalue weighted by Crippen LogP contribution is 2.28. The van der Waals surface area contributed by atoms with Crippen LogP contribution >= 0.6 is 15.9 Å². The van der Waals surface area contributed by atoms with Crippen molar-refractivity contribution < 1.29 is 15.0 Å². The van der Waals surface area contributed by atoms with Gasteiger partial charge in [0.25, 0.3) is 0 Å². The Labute approximate surface area is 84.1 Å². The maximum absolute atomic E-state index is 10.7. The van der Waals surface area contributed by atoms with Crippen molar-refractivity contribution in [2.24, 2.45) is 0 Å². The molecule has 1 aromatic carbocycles. The summed E-state index contributed by atoms with van der Waals surface area (Å²) in [6, 6.07) is 4.58. The summed E-state index contributed by atoms with van der Waals surface area (Å²) < 4.78 is 0.695. The number of halogens is 1. The number of phenolic OH excluding ortho intramolecular Hbond substituents is 1. The summed E-state index contributed by atoms with van der Waals surface area (Å²) in [4.78, 5) is 10.7. The highest BCUT2D eigenvalue weighted by molar-refractivity contribution is 9.10. The Morgan fingerprint density at radius 3 is 2.69 bits per heavy atom. The first-order valence-corrected chi connectivity index (χ1v) is 4.53. The van der Waals surface area contributed by atoms with E-state index < -0.39 is 11.9 Å². The lowest BCUT2D eigenvalue weighted by molar-refractivity contribution is -0.138. The van der Waals surface area contributed by atoms with Crippen molar-refractivity contribution >= 4 is 21.9 Å². The monoisotopic (exact) mass is 244 g/mol. The van der Waals surface area contributed by atoms with E-state index in [1.165, 1.54) is 12.1 Å². The molecule has 0 aromatic heterocycles. The normalized spacial score (nSPS) is 12.5. The van der Waals surface area contributed by atoms with Gasteiger partial charge in [0.05, 0.1) is 5.92 Å². The van der Waals surface area contributed by atoms with Crippen LogP contribution < -0.4 is 0 Å². The summed E-state index contributed by atoms with van der Waals surface area (Å²) in [5.74, 6) is -1.46. The van der Waals surface area contributed by atoms with E-state index in [9.17, 15) is 4.79 Å². The summed E-state index contributed by atoms with van der Waals surface area (Å²) in [5, 5.41) is 17.9. The molecular weight excluding hydrogens is 236 g/mol. The number of carboxylic acid groups (broad SMARTS) is 1. The third-order valence-corrected chi connectivity index (χ3v) is 2.54. The van der Waals surface area contributed by atoms with E-state index in [4.69, 9.17) is 10.2 Å². The SMILES string of the molecule is CC(C(=O)O)c1cc(O)ccc1Br. The van der Waals surface area contributed by atoms with Gasteiger partial charge in [-0.25, -0.2) is 0 Å². The van der Waals surface area contributed by atoms with Crippen molar-refractivity contribution in [3.05, 3.63) is 28.2 Å². The molecule has 0 heterocycles. The van der Waals surface area contributed by atoms with E-state index in [1.807, 2.05) is 0 Å². The molecule has 13 heavy (non-hydrogen) atoms. The molecule has 1 rings (SSSR count). The van der Waals surface area contributed by atoms with Crippen molar-refractivity contribution in [3.8, 4) is 5.75 Å². The zero-order chi connectivity index (χ0) is 10.0. The maximum Gasteiger partial charge on any atom is 0.310 e. The van der Waals surface area contributed by atoms with Gasteiger partial charge in [-0.2, -0.15) is 0 Å². The zero-order valence-corrected chi connectivity index (χ0v) is 8.58. The molecule has 0 aliphatic heterocycles. The summed E-state index contributed by atoms with van der Waals surface area (Å²) >= 11 is 3.22. The second-order valence-corrected chi connectivity index (χ2v) is 3.62. The zero-order valence-electron chi connectivity index (χ0n) is 6.99. The minimum absolute atomic E-state index is 0.0753. The van der Waals surface area contributed by atoms with Crippen LogP contribution in [0.4, 0.5) is 0 Å². The Kier molecular flexibility index (Phi) is 2.93. The fraction of sp³-hybridized carbons (Fsp3) is 0.222. The van der Waals surface area contributed by atoms with Gasteiger partial charge in [-0.1, -0.05) is 15.9 Å². The molecule has 1 atom stereocenters. The van der Waals surface area contributed by atoms with Crippen LogP contribution in [0.3, 0.4) is 0 Å². The molecule has 0 bridgehead atoms. The number of rotatable bonds is 2. The van der Waals surface area contributed by atoms with Crippen molar-refractivity contribution in [2.45, 2.75) is 12.8 Å². The van der Waals surface area contributed by atoms with Crippen molar-refractivity contribution in [3.63, 3.8) is 0 Å². The Morgan fingerprint density at radius 1 is 1.54 bits per heavy atom. The second kappa shape index (κ2) is 3.79. The highest BCUT2D eigenvalue weighted by atomic mass is 79.9. The Bertz CT molecular complexity index is 336. The lowest BCUT2D eigenvalue weighted by Gasteiger charge is -2.08. The maximum atomic E-state index is 10.7. The predicted octanol–water partition coefficient (Wildman–Crippen LogP) is 2.34. The van der Waals surface area contributed by atoms with E-state index in [0.29, 0.717) is 10.0 Å². The molecule has 0 amide bonds. The van der Waals surface area contributed by atoms with E-state index in [-0.39, 0.29) is 5.75 Å². The van der Waals surface area contributed by atoms with Crippen LogP contribution in [-0.2, 0) is 4.79 Å². The average Bonchev–Trinajstić information content (AvgIpc) is 2.08. The van der Waals surface area contributed by atoms with Gasteiger partial charge in [-0.3, -0.25) is 4.79 Å². The molecule has 0 saturated heterocycles. The molecule has 3 nitrogen and oxygen atoms in total. The van der Waals surface area contributed by atoms with Crippen LogP contribution in [0.2, 0.25) is 0 Å². The average molecular weight is 245 g/mol. The van der Waals surface area contributed by atoms with Crippen LogP contribution in [0.25, 0.3) is 0 Å². The molecule has 2 N–H and O–H groups in total. The summed E-state index contributed by atoms with van der Waals surface area (Å²) in [6.45, 7) is 1.57. The summed E-state index contributed by atoms with van der Waals surface area (Å²) in [5.41, 5.74) is 0.576. The number of hydrogen-bond acceptors (Lipinski definition) is 2. The molecule has 0 aliphatic rings. The van der Waals surface area contributed by atoms with Crippen LogP contribution in [0, 0.1) is 0 Å². The van der Waals surface area contributed by atoms with Gasteiger partial charge in [0.1, 0.15) is 5.75 Å². The number of aromatic hydroxyl groups is 1. The fourth-order valence-corrected chi connectivity index (χ4v) is 1.59. The molecule has 0 radical (unpaired) electrons. The minimum atomic E-state index is -0.911. The molecule has 0 spiro atoms. The number of carboxylic acids is 1. The van der Waals surface area contributed by atoms with E-state index in [1.54, 1.807) is 13.0 Å². The van der Waals surface area contributed by atoms with Crippen LogP contribution in [0.15, 0.2) is 22.7 Å². The molecule has 1 unspecified atom stereocenters. The van der Waals surface area contributed by atoms with Crippen molar-refractivity contribution in [2.75, 3.05) is 0 Å². The molecule has 70 valence electrons. The largest absolute Gasteiger partial charge is 0.508 e. The van der Waals surface area contributed by atoms with Crippen molar-refractivity contribution in [1.82, 2.24) is 0 Å². The third kappa shape index (κ3) is 2.21. The topological polar surface area (TPSA) is 57.5 Å². The highest BCUT2D eigenvalue weighted by Gasteiger charge is 2.16. The van der Waals surface area contributed by atoms with E-state index in [0.717, 1.165) is 0 Å². The van der Waals surface area contributed by atoms with Gasteiger partial charge in [0, 0.05) is 4.47 Å². The third-order valence-electron chi connectivity index (χ3n) is 1.82. The lowest BCUT2D eigenvalue weighted by atomic mass is 10.0. The van der Waals surface area contributed by atoms with Gasteiger partial charge in [-0.05, 0) is 30.7 Å². The van der Waals surface area contributed by atoms with Crippen LogP contribution in [0.1, 0.15) is 18.4 Å². The molecule has 0 aliphatic carbocycles. The van der Waals surface area contributed by atoms with Gasteiger partial charge in [0.15, 0.2) is 0 Å². The Balaban J connectivity index is 3.12. The van der Waals surface area contributed by atoms with Gasteiger partial charge in [-0.15, -0.1) is 0 Å². The first kappa shape index (κ1) is 10.1. The van der Waals surface area contributed by atoms with E-state index in [2.05, 4.69) is 15.9 Å². The summed E-state index contributed by atoms with van der Waals surface area (Å²) in [7, 11) is 0. The Hall–Kier alpha value is -1.03.